The molecule has 2 amide bonds. The van der Waals surface area contributed by atoms with Gasteiger partial charge in [0.2, 0.25) is 0 Å². The monoisotopic (exact) mass is 282 g/mol. The average molecular weight is 283 g/mol. The molecule has 0 spiro atoms. The lowest BCUT2D eigenvalue weighted by molar-refractivity contribution is -0.0000227. The molecular formula is C13H17ClN3O2-. The Morgan fingerprint density at radius 1 is 1.16 bits per heavy atom. The second-order valence-electron chi connectivity index (χ2n) is 5.68. The highest BCUT2D eigenvalue weighted by molar-refractivity contribution is 6.23. The van der Waals surface area contributed by atoms with Crippen molar-refractivity contribution in [2.24, 2.45) is 0 Å². The molecule has 2 heterocycles. The highest BCUT2D eigenvalue weighted by atomic mass is 35.5. The zero-order chi connectivity index (χ0) is 13.7. The van der Waals surface area contributed by atoms with Crippen molar-refractivity contribution in [3.05, 3.63) is 22.9 Å². The fourth-order valence-corrected chi connectivity index (χ4v) is 1.88. The maximum atomic E-state index is 11.8. The van der Waals surface area contributed by atoms with Crippen LogP contribution in [0.4, 0.5) is 5.82 Å². The summed E-state index contributed by atoms with van der Waals surface area (Å²) >= 11 is 0. The minimum absolute atomic E-state index is 0. The van der Waals surface area contributed by atoms with E-state index in [4.69, 9.17) is 0 Å². The second-order valence-corrected chi connectivity index (χ2v) is 5.68. The highest BCUT2D eigenvalue weighted by Crippen LogP contribution is 2.30. The first-order valence-corrected chi connectivity index (χ1v) is 5.80. The van der Waals surface area contributed by atoms with Gasteiger partial charge in [0.25, 0.3) is 11.8 Å². The quantitative estimate of drug-likeness (QED) is 0.626. The van der Waals surface area contributed by atoms with E-state index in [1.54, 1.807) is 11.0 Å². The molecule has 0 atom stereocenters. The van der Waals surface area contributed by atoms with Crippen LogP contribution in [0.3, 0.4) is 0 Å². The summed E-state index contributed by atoms with van der Waals surface area (Å²) in [7, 11) is 3.62. The average Bonchev–Trinajstić information content (AvgIpc) is 2.52. The first kappa shape index (κ1) is 15.4. The number of amides is 2. The predicted molar refractivity (Wildman–Crippen MR) is 69.1 cm³/mol. The van der Waals surface area contributed by atoms with Crippen molar-refractivity contribution in [3.63, 3.8) is 0 Å². The van der Waals surface area contributed by atoms with Gasteiger partial charge >= 0.3 is 0 Å². The van der Waals surface area contributed by atoms with E-state index >= 15 is 0 Å². The van der Waals surface area contributed by atoms with Crippen LogP contribution in [0.15, 0.2) is 6.07 Å². The number of pyridine rings is 1. The molecule has 0 fully saturated rings. The lowest BCUT2D eigenvalue weighted by Gasteiger charge is -2.22. The molecule has 1 aliphatic rings. The molecule has 5 nitrogen and oxygen atoms in total. The smallest absolute Gasteiger partial charge is 0.262 e. The van der Waals surface area contributed by atoms with Crippen molar-refractivity contribution in [1.82, 2.24) is 10.3 Å². The molecular weight excluding hydrogens is 266 g/mol. The van der Waals surface area contributed by atoms with Crippen molar-refractivity contribution < 1.29 is 22.0 Å². The molecule has 0 unspecified atom stereocenters. The summed E-state index contributed by atoms with van der Waals surface area (Å²) < 4.78 is 0. The third kappa shape index (κ3) is 2.56. The Morgan fingerprint density at radius 2 is 1.74 bits per heavy atom. The molecule has 19 heavy (non-hydrogen) atoms. The van der Waals surface area contributed by atoms with E-state index in [1.165, 1.54) is 0 Å². The largest absolute Gasteiger partial charge is 1.00 e. The summed E-state index contributed by atoms with van der Waals surface area (Å²) in [5.41, 5.74) is 1.42. The van der Waals surface area contributed by atoms with Crippen LogP contribution in [0.25, 0.3) is 0 Å². The van der Waals surface area contributed by atoms with E-state index in [2.05, 4.69) is 10.3 Å². The standard InChI is InChI=1S/C13H17N3O2.ClH/c1-13(2,3)8-6-7-9(10(14-8)16(4)5)12(18)15-11(7)17;/h6H,1-5H3,(H,15,17,18);1H/p-1. The SMILES string of the molecule is CN(C)c1nc(C(C)(C)C)cc2c1C(=O)NC2=O.[Cl-]. The molecule has 0 saturated heterocycles. The third-order valence-corrected chi connectivity index (χ3v) is 2.89. The van der Waals surface area contributed by atoms with Gasteiger partial charge < -0.3 is 17.3 Å². The Kier molecular flexibility index (Phi) is 3.91. The summed E-state index contributed by atoms with van der Waals surface area (Å²) in [5.74, 6) is -0.168. The van der Waals surface area contributed by atoms with Gasteiger partial charge in [0.05, 0.1) is 11.1 Å². The van der Waals surface area contributed by atoms with Gasteiger partial charge in [-0.05, 0) is 6.07 Å². The Labute approximate surface area is 118 Å². The van der Waals surface area contributed by atoms with Gasteiger partial charge in [-0.1, -0.05) is 20.8 Å². The van der Waals surface area contributed by atoms with Crippen LogP contribution in [0.1, 0.15) is 47.2 Å². The van der Waals surface area contributed by atoms with Crippen LogP contribution < -0.4 is 22.6 Å². The Morgan fingerprint density at radius 3 is 2.21 bits per heavy atom. The first-order chi connectivity index (χ1) is 8.21. The van der Waals surface area contributed by atoms with Crippen LogP contribution in [0.2, 0.25) is 0 Å². The van der Waals surface area contributed by atoms with Gasteiger partial charge in [0, 0.05) is 25.2 Å². The van der Waals surface area contributed by atoms with Gasteiger partial charge in [0.15, 0.2) is 0 Å². The van der Waals surface area contributed by atoms with E-state index in [9.17, 15) is 9.59 Å². The molecule has 0 bridgehead atoms. The minimum Gasteiger partial charge on any atom is -1.00 e. The summed E-state index contributed by atoms with van der Waals surface area (Å²) in [6, 6.07) is 1.71. The molecule has 0 aromatic carbocycles. The zero-order valence-corrected chi connectivity index (χ0v) is 12.4. The number of rotatable bonds is 1. The van der Waals surface area contributed by atoms with Crippen molar-refractivity contribution in [1.29, 1.82) is 0 Å². The molecule has 2 rings (SSSR count). The predicted octanol–water partition coefficient (Wildman–Crippen LogP) is -1.67. The van der Waals surface area contributed by atoms with Crippen molar-refractivity contribution in [3.8, 4) is 0 Å². The van der Waals surface area contributed by atoms with E-state index < -0.39 is 0 Å². The maximum Gasteiger partial charge on any atom is 0.262 e. The summed E-state index contributed by atoms with van der Waals surface area (Å²) in [4.78, 5) is 29.8. The number of carbonyl (C=O) groups excluding carboxylic acids is 2. The van der Waals surface area contributed by atoms with E-state index in [0.717, 1.165) is 5.69 Å². The lowest BCUT2D eigenvalue weighted by Crippen LogP contribution is -3.00. The molecule has 0 saturated carbocycles. The molecule has 1 aromatic heterocycles. The number of hydrogen-bond donors (Lipinski definition) is 1. The summed E-state index contributed by atoms with van der Waals surface area (Å²) in [5, 5.41) is 2.31. The highest BCUT2D eigenvalue weighted by Gasteiger charge is 2.33. The Bertz CT molecular complexity index is 548. The minimum atomic E-state index is -0.369. The van der Waals surface area contributed by atoms with Crippen LogP contribution in [0.5, 0.6) is 0 Å². The zero-order valence-electron chi connectivity index (χ0n) is 11.7. The maximum absolute atomic E-state index is 11.8. The van der Waals surface area contributed by atoms with Gasteiger partial charge in [-0.25, -0.2) is 4.98 Å². The first-order valence-electron chi connectivity index (χ1n) is 5.80. The molecule has 0 radical (unpaired) electrons. The van der Waals surface area contributed by atoms with Gasteiger partial charge in [-0.3, -0.25) is 14.9 Å². The number of imide groups is 1. The number of nitrogens with one attached hydrogen (secondary N) is 1. The molecule has 0 aliphatic carbocycles. The van der Waals surface area contributed by atoms with E-state index in [1.807, 2.05) is 34.9 Å². The van der Waals surface area contributed by atoms with Crippen molar-refractivity contribution >= 4 is 17.6 Å². The molecule has 1 N–H and O–H groups in total. The topological polar surface area (TPSA) is 62.3 Å². The van der Waals surface area contributed by atoms with E-state index in [-0.39, 0.29) is 29.6 Å². The van der Waals surface area contributed by atoms with Crippen molar-refractivity contribution in [2.75, 3.05) is 19.0 Å². The normalized spacial score (nSPS) is 13.7. The van der Waals surface area contributed by atoms with E-state index in [0.29, 0.717) is 16.9 Å². The molecule has 6 heteroatoms. The molecule has 1 aromatic rings. The number of aromatic nitrogens is 1. The lowest BCUT2D eigenvalue weighted by atomic mass is 9.90. The van der Waals surface area contributed by atoms with Gasteiger partial charge in [0.1, 0.15) is 5.82 Å². The van der Waals surface area contributed by atoms with Gasteiger partial charge in [-0.15, -0.1) is 0 Å². The number of hydrogen-bond acceptors (Lipinski definition) is 4. The fourth-order valence-electron chi connectivity index (χ4n) is 1.88. The van der Waals surface area contributed by atoms with Crippen LogP contribution >= 0.6 is 0 Å². The summed E-state index contributed by atoms with van der Waals surface area (Å²) in [6.07, 6.45) is 0. The fraction of sp³-hybridized carbons (Fsp3) is 0.462. The molecule has 1 aliphatic heterocycles. The second kappa shape index (κ2) is 4.81. The van der Waals surface area contributed by atoms with Crippen molar-refractivity contribution in [2.45, 2.75) is 26.2 Å². The number of carbonyl (C=O) groups is 2. The Balaban J connectivity index is 0.00000180. The Hall–Kier alpha value is -1.62. The van der Waals surface area contributed by atoms with Crippen LogP contribution in [-0.2, 0) is 5.41 Å². The van der Waals surface area contributed by atoms with Gasteiger partial charge in [-0.2, -0.15) is 0 Å². The number of fused-ring (bicyclic) bond motifs is 1. The number of nitrogens with zero attached hydrogens (tertiary/aromatic N) is 2. The molecule has 104 valence electrons. The summed E-state index contributed by atoms with van der Waals surface area (Å²) in [6.45, 7) is 6.07. The third-order valence-electron chi connectivity index (χ3n) is 2.89. The van der Waals surface area contributed by atoms with Crippen LogP contribution in [-0.4, -0.2) is 30.9 Å². The number of halogens is 1. The van der Waals surface area contributed by atoms with Crippen LogP contribution in [0, 0.1) is 0 Å². The number of anilines is 1.